The van der Waals surface area contributed by atoms with Crippen LogP contribution >= 0.6 is 25.3 Å². The molecule has 13 amide bonds. The minimum Gasteiger partial charge on any atom is -0.481 e. The molecule has 0 aromatic heterocycles. The van der Waals surface area contributed by atoms with Crippen LogP contribution in [0.1, 0.15) is 115 Å². The van der Waals surface area contributed by atoms with E-state index in [1.807, 2.05) is 0 Å². The second-order valence-corrected chi connectivity index (χ2v) is 27.8. The number of aliphatic imine (C=N–C) groups is 3. The third kappa shape index (κ3) is 35.8. The number of nitrogens with zero attached hydrogens (tertiary/aromatic N) is 4. The predicted molar refractivity (Wildman–Crippen MR) is 426 cm³/mol. The van der Waals surface area contributed by atoms with Crippen molar-refractivity contribution in [3.05, 3.63) is 71.8 Å². The van der Waals surface area contributed by atoms with E-state index >= 15 is 4.79 Å². The number of hydrogen-bond acceptors (Lipinski definition) is 23. The number of carboxylic acids is 1. The SMILES string of the molecule is CC[C@H](C)[C@H](NC(=O)[C@H](CCCN=C(N)N)NC(=O)[C@H](CC(=O)O)NC(=O)[C@H](C)NC(=O)[C@H](CCCN=C(N)N)NC(=O)CNC(=O)CNC(=O)[C@H](Cc1ccccc1)NC(=O)[C@H](CS)NC(=O)[C@H](CO)NC(=O)[C@@H](N)CO)C(=O)N[C@@H](CS)C(=O)N[C@@H](Cc1ccccc1)C(=O)N(C1CCCCC1)[C@H](C=O)CCCN=C(N)N. The van der Waals surface area contributed by atoms with Gasteiger partial charge in [-0.25, -0.2) is 0 Å². The van der Waals surface area contributed by atoms with Crippen LogP contribution in [0.3, 0.4) is 0 Å². The van der Waals surface area contributed by atoms with Gasteiger partial charge in [-0.3, -0.25) is 82.1 Å². The van der Waals surface area contributed by atoms with Crippen LogP contribution in [0, 0.1) is 5.92 Å². The monoisotopic (exact) mass is 1640 g/mol. The van der Waals surface area contributed by atoms with Crippen molar-refractivity contribution in [2.75, 3.05) is 57.4 Å². The van der Waals surface area contributed by atoms with Crippen LogP contribution < -0.4 is 104 Å². The fourth-order valence-electron chi connectivity index (χ4n) is 11.7. The summed E-state index contributed by atoms with van der Waals surface area (Å²) in [5, 5.41) is 58.2. The first-order chi connectivity index (χ1) is 54.2. The van der Waals surface area contributed by atoms with Crippen molar-refractivity contribution in [2.45, 2.75) is 196 Å². The fourth-order valence-corrected chi connectivity index (χ4v) is 12.2. The maximum Gasteiger partial charge on any atom is 0.305 e. The zero-order valence-electron chi connectivity index (χ0n) is 64.1. The van der Waals surface area contributed by atoms with Gasteiger partial charge in [0.05, 0.1) is 38.8 Å². The van der Waals surface area contributed by atoms with E-state index in [-0.39, 0.29) is 106 Å². The van der Waals surface area contributed by atoms with E-state index in [1.54, 1.807) is 79.4 Å². The van der Waals surface area contributed by atoms with Crippen LogP contribution in [0.25, 0.3) is 0 Å². The molecule has 0 aliphatic heterocycles. The second-order valence-electron chi connectivity index (χ2n) is 27.0. The maximum atomic E-state index is 15.0. The molecule has 0 radical (unpaired) electrons. The van der Waals surface area contributed by atoms with Gasteiger partial charge in [0, 0.05) is 50.0 Å². The number of nitrogens with one attached hydrogen (secondary N) is 12. The molecule has 0 saturated heterocycles. The molecule has 2 aromatic carbocycles. The van der Waals surface area contributed by atoms with Gasteiger partial charge >= 0.3 is 5.97 Å². The Balaban J connectivity index is 1.82. The number of carboxylic acid groups (broad SMARTS) is 1. The van der Waals surface area contributed by atoms with Crippen LogP contribution in [-0.2, 0) is 84.8 Å². The van der Waals surface area contributed by atoms with Crippen LogP contribution in [0.2, 0.25) is 0 Å². The zero-order valence-corrected chi connectivity index (χ0v) is 65.9. The molecule has 1 saturated carbocycles. The van der Waals surface area contributed by atoms with Gasteiger partial charge in [-0.15, -0.1) is 0 Å². The van der Waals surface area contributed by atoms with Gasteiger partial charge in [-0.05, 0) is 75.3 Å². The summed E-state index contributed by atoms with van der Waals surface area (Å²) in [5.41, 5.74) is 39.9. The molecule has 114 heavy (non-hydrogen) atoms. The quantitative estimate of drug-likeness (QED) is 0.00962. The Hall–Kier alpha value is -10.9. The molecule has 1 aliphatic rings. The minimum absolute atomic E-state index is 0.00720. The lowest BCUT2D eigenvalue weighted by molar-refractivity contribution is -0.144. The van der Waals surface area contributed by atoms with Gasteiger partial charge in [0.25, 0.3) is 0 Å². The Morgan fingerprint density at radius 3 is 1.41 bits per heavy atom. The molecule has 632 valence electrons. The van der Waals surface area contributed by atoms with Crippen LogP contribution in [0.4, 0.5) is 0 Å². The number of amides is 13. The van der Waals surface area contributed by atoms with Crippen molar-refractivity contribution in [2.24, 2.45) is 61.0 Å². The van der Waals surface area contributed by atoms with Gasteiger partial charge in [-0.1, -0.05) is 100 Å². The number of carbonyl (C=O) groups excluding carboxylic acids is 14. The number of nitrogens with two attached hydrogens (primary N) is 7. The topological polar surface area (TPSA) is 684 Å². The molecule has 0 unspecified atom stereocenters. The van der Waals surface area contributed by atoms with Crippen LogP contribution in [0.15, 0.2) is 75.6 Å². The number of aliphatic hydroxyl groups excluding tert-OH is 2. The molecule has 0 bridgehead atoms. The van der Waals surface area contributed by atoms with Crippen LogP contribution in [0.5, 0.6) is 0 Å². The number of hydrogen-bond donors (Lipinski definition) is 24. The van der Waals surface area contributed by atoms with E-state index in [0.29, 0.717) is 36.7 Å². The van der Waals surface area contributed by atoms with Crippen molar-refractivity contribution < 1.29 is 87.2 Å². The molecule has 1 fully saturated rings. The summed E-state index contributed by atoms with van der Waals surface area (Å²) in [6, 6.07) is -0.899. The molecule has 3 rings (SSSR count). The highest BCUT2D eigenvalue weighted by Gasteiger charge is 2.40. The molecular weight excluding hydrogens is 1530 g/mol. The second kappa shape index (κ2) is 52.4. The average Bonchev–Trinajstić information content (AvgIpc) is 0.817. The highest BCUT2D eigenvalue weighted by Crippen LogP contribution is 2.27. The smallest absolute Gasteiger partial charge is 0.305 e. The van der Waals surface area contributed by atoms with Crippen LogP contribution in [-0.4, -0.2) is 263 Å². The number of aliphatic hydroxyl groups is 2. The van der Waals surface area contributed by atoms with Crippen molar-refractivity contribution in [3.63, 3.8) is 0 Å². The van der Waals surface area contributed by atoms with Crippen molar-refractivity contribution in [3.8, 4) is 0 Å². The Kier molecular flexibility index (Phi) is 44.7. The lowest BCUT2D eigenvalue weighted by Gasteiger charge is -2.40. The molecule has 41 nitrogen and oxygen atoms in total. The largest absolute Gasteiger partial charge is 0.481 e. The van der Waals surface area contributed by atoms with Gasteiger partial charge in [0.2, 0.25) is 76.8 Å². The van der Waals surface area contributed by atoms with Gasteiger partial charge in [0.1, 0.15) is 72.7 Å². The van der Waals surface area contributed by atoms with E-state index < -0.39 is 194 Å². The number of guanidine groups is 3. The Bertz CT molecular complexity index is 3610. The van der Waals surface area contributed by atoms with Crippen molar-refractivity contribution in [1.29, 1.82) is 0 Å². The third-order valence-corrected chi connectivity index (χ3v) is 18.8. The lowest BCUT2D eigenvalue weighted by Crippen LogP contribution is -2.62. The highest BCUT2D eigenvalue weighted by molar-refractivity contribution is 7.80. The molecule has 1 aliphatic carbocycles. The first-order valence-corrected chi connectivity index (χ1v) is 38.5. The first-order valence-electron chi connectivity index (χ1n) is 37.2. The summed E-state index contributed by atoms with van der Waals surface area (Å²) in [4.78, 5) is 218. The normalized spacial score (nSPS) is 15.3. The first kappa shape index (κ1) is 97.3. The Morgan fingerprint density at radius 1 is 0.491 bits per heavy atom. The molecule has 13 atom stereocenters. The van der Waals surface area contributed by atoms with Gasteiger partial charge < -0.3 is 129 Å². The molecule has 29 N–H and O–H groups in total. The number of aliphatic carboxylic acids is 1. The van der Waals surface area contributed by atoms with Gasteiger partial charge in [0.15, 0.2) is 17.9 Å². The van der Waals surface area contributed by atoms with E-state index in [4.69, 9.17) is 40.1 Å². The van der Waals surface area contributed by atoms with Crippen molar-refractivity contribution in [1.82, 2.24) is 68.7 Å². The number of rotatable bonds is 52. The maximum absolute atomic E-state index is 15.0. The standard InChI is InChI=1S/C71H113N23O18S2/c1-4-39(2)57(67(111)92-53(38-114)66(110)89-50(30-42-19-10-6-11-20-42)68(112)94(43-21-12-7-13-22-43)44(34-95)23-14-26-79-69(73)74)93-62(106)47(25-16-28-81-71(77)78)86-63(107)49(31-56(100)101)87-58(102)40(3)84-61(105)46(24-15-27-80-70(75)76)85-55(99)33-82-54(98)32-83-60(104)48(29-41-17-8-5-9-18-41)88-65(109)52(37-113)91-64(108)51(36-97)90-59(103)45(72)35-96/h5-6,8-11,17-20,34,39-40,43-53,57,96-97,113-114H,4,7,12-16,21-33,35-38,72H2,1-3H3,(H,82,98)(H,83,104)(H,84,105)(H,85,99)(H,86,107)(H,87,102)(H,88,109)(H,89,110)(H,90,103)(H,91,108)(H,92,111)(H,93,106)(H,100,101)(H4,73,74,79)(H4,75,76,80)(H4,77,78,81)/t39-,40-,44-,45-,46-,47-,48-,49-,50-,51-,52-,53-,57-/m0/s1. The zero-order chi connectivity index (χ0) is 85.0. The molecule has 43 heteroatoms. The summed E-state index contributed by atoms with van der Waals surface area (Å²) in [6.07, 6.45) is 3.54. The summed E-state index contributed by atoms with van der Waals surface area (Å²) in [6.45, 7) is 1.22. The lowest BCUT2D eigenvalue weighted by atomic mass is 9.91. The Morgan fingerprint density at radius 2 is 0.921 bits per heavy atom. The van der Waals surface area contributed by atoms with E-state index in [1.165, 1.54) is 0 Å². The molecular formula is C71H113N23O18S2. The molecule has 0 spiro atoms. The number of carbonyl (C=O) groups is 15. The molecule has 2 aromatic rings. The van der Waals surface area contributed by atoms with E-state index in [2.05, 4.69) is 104 Å². The summed E-state index contributed by atoms with van der Waals surface area (Å²) < 4.78 is 0. The van der Waals surface area contributed by atoms with Gasteiger partial charge in [-0.2, -0.15) is 25.3 Å². The van der Waals surface area contributed by atoms with E-state index in [0.717, 1.165) is 26.2 Å². The number of aldehydes is 1. The minimum atomic E-state index is -1.96. The Labute approximate surface area is 671 Å². The predicted octanol–water partition coefficient (Wildman–Crippen LogP) is -7.85. The molecule has 0 heterocycles. The number of benzene rings is 2. The third-order valence-electron chi connectivity index (χ3n) is 18.1. The summed E-state index contributed by atoms with van der Waals surface area (Å²) in [7, 11) is 0. The van der Waals surface area contributed by atoms with E-state index in [9.17, 15) is 82.4 Å². The highest BCUT2D eigenvalue weighted by atomic mass is 32.1. The number of thiol groups is 2. The summed E-state index contributed by atoms with van der Waals surface area (Å²) in [5.74, 6) is -16.2. The average molecular weight is 1640 g/mol. The fraction of sp³-hybridized carbons (Fsp3) is 0.577. The van der Waals surface area contributed by atoms with Crippen molar-refractivity contribution >= 4 is 132 Å². The summed E-state index contributed by atoms with van der Waals surface area (Å²) >= 11 is 8.54.